The Morgan fingerprint density at radius 1 is 1.40 bits per heavy atom. The minimum Gasteiger partial charge on any atom is -0.444 e. The van der Waals surface area contributed by atoms with Gasteiger partial charge in [0.25, 0.3) is 0 Å². The first-order chi connectivity index (χ1) is 6.85. The van der Waals surface area contributed by atoms with Crippen LogP contribution in [-0.2, 0) is 4.74 Å². The van der Waals surface area contributed by atoms with Crippen molar-refractivity contribution in [2.45, 2.75) is 40.2 Å². The van der Waals surface area contributed by atoms with Crippen molar-refractivity contribution in [1.82, 2.24) is 5.32 Å². The smallest absolute Gasteiger partial charge is 0.407 e. The van der Waals surface area contributed by atoms with Gasteiger partial charge in [0.15, 0.2) is 0 Å². The molecule has 0 bridgehead atoms. The quantitative estimate of drug-likeness (QED) is 0.729. The third kappa shape index (κ3) is 9.06. The largest absolute Gasteiger partial charge is 0.444 e. The summed E-state index contributed by atoms with van der Waals surface area (Å²) in [5.41, 5.74) is 0.730. The van der Waals surface area contributed by atoms with Crippen LogP contribution < -0.4 is 5.32 Å². The molecule has 3 heteroatoms. The average molecular weight is 211 g/mol. The van der Waals surface area contributed by atoms with E-state index >= 15 is 0 Å². The summed E-state index contributed by atoms with van der Waals surface area (Å²) in [5.74, 6) is 0. The molecular weight excluding hydrogens is 190 g/mol. The van der Waals surface area contributed by atoms with Crippen molar-refractivity contribution in [3.8, 4) is 0 Å². The van der Waals surface area contributed by atoms with Gasteiger partial charge < -0.3 is 10.1 Å². The third-order valence-corrected chi connectivity index (χ3v) is 1.60. The number of nitrogens with one attached hydrogen (secondary N) is 1. The van der Waals surface area contributed by atoms with Crippen molar-refractivity contribution in [3.05, 3.63) is 23.8 Å². The first-order valence-corrected chi connectivity index (χ1v) is 5.11. The second kappa shape index (κ2) is 6.27. The van der Waals surface area contributed by atoms with Gasteiger partial charge >= 0.3 is 6.09 Å². The standard InChI is InChI=1S/C12H21NO2/c1-6-10(2)8-7-9-13-11(14)15-12(3,4)5/h6-8H,9H2,1-5H3,(H,13,14)/b8-7-,10-6-. The normalized spacial score (nSPS) is 13.0. The van der Waals surface area contributed by atoms with Gasteiger partial charge in [-0.3, -0.25) is 0 Å². The summed E-state index contributed by atoms with van der Waals surface area (Å²) in [7, 11) is 0. The number of rotatable bonds is 3. The molecule has 1 amide bonds. The first kappa shape index (κ1) is 13.8. The Balaban J connectivity index is 3.79. The second-order valence-electron chi connectivity index (χ2n) is 4.32. The Morgan fingerprint density at radius 3 is 2.47 bits per heavy atom. The Bertz CT molecular complexity index is 259. The van der Waals surface area contributed by atoms with Gasteiger partial charge in [0.1, 0.15) is 5.60 Å². The highest BCUT2D eigenvalue weighted by atomic mass is 16.6. The predicted octanol–water partition coefficient (Wildman–Crippen LogP) is 3.03. The van der Waals surface area contributed by atoms with E-state index in [0.29, 0.717) is 6.54 Å². The van der Waals surface area contributed by atoms with Crippen molar-refractivity contribution < 1.29 is 9.53 Å². The van der Waals surface area contributed by atoms with Crippen LogP contribution in [0.2, 0.25) is 0 Å². The minimum absolute atomic E-state index is 0.384. The summed E-state index contributed by atoms with van der Waals surface area (Å²) in [4.78, 5) is 11.2. The lowest BCUT2D eigenvalue weighted by Gasteiger charge is -2.19. The van der Waals surface area contributed by atoms with Crippen LogP contribution >= 0.6 is 0 Å². The number of carbonyl (C=O) groups is 1. The summed E-state index contributed by atoms with van der Waals surface area (Å²) in [6.45, 7) is 9.98. The summed E-state index contributed by atoms with van der Waals surface area (Å²) in [6.07, 6.45) is 5.46. The molecule has 15 heavy (non-hydrogen) atoms. The number of hydrogen-bond donors (Lipinski definition) is 1. The summed E-state index contributed by atoms with van der Waals surface area (Å²) in [5, 5.41) is 2.64. The fraction of sp³-hybridized carbons (Fsp3) is 0.583. The summed E-state index contributed by atoms with van der Waals surface area (Å²) >= 11 is 0. The van der Waals surface area contributed by atoms with Gasteiger partial charge in [0.05, 0.1) is 0 Å². The van der Waals surface area contributed by atoms with Crippen molar-refractivity contribution in [3.63, 3.8) is 0 Å². The predicted molar refractivity (Wildman–Crippen MR) is 62.8 cm³/mol. The molecule has 0 aliphatic heterocycles. The van der Waals surface area contributed by atoms with E-state index in [-0.39, 0.29) is 6.09 Å². The summed E-state index contributed by atoms with van der Waals surface area (Å²) < 4.78 is 5.07. The van der Waals surface area contributed by atoms with Crippen LogP contribution in [0.3, 0.4) is 0 Å². The molecule has 0 aromatic rings. The van der Waals surface area contributed by atoms with E-state index in [2.05, 4.69) is 5.32 Å². The van der Waals surface area contributed by atoms with E-state index < -0.39 is 5.60 Å². The van der Waals surface area contributed by atoms with E-state index in [1.165, 1.54) is 5.57 Å². The Hall–Kier alpha value is -1.25. The third-order valence-electron chi connectivity index (χ3n) is 1.60. The van der Waals surface area contributed by atoms with E-state index in [0.717, 1.165) is 0 Å². The molecule has 1 N–H and O–H groups in total. The highest BCUT2D eigenvalue weighted by molar-refractivity contribution is 5.67. The van der Waals surface area contributed by atoms with Crippen LogP contribution in [0.1, 0.15) is 34.6 Å². The fourth-order valence-electron chi connectivity index (χ4n) is 0.797. The highest BCUT2D eigenvalue weighted by Gasteiger charge is 2.14. The van der Waals surface area contributed by atoms with Crippen LogP contribution in [0.5, 0.6) is 0 Å². The maximum Gasteiger partial charge on any atom is 0.407 e. The van der Waals surface area contributed by atoms with Crippen molar-refractivity contribution in [2.24, 2.45) is 0 Å². The number of amides is 1. The van der Waals surface area contributed by atoms with Crippen LogP contribution in [0, 0.1) is 0 Å². The lowest BCUT2D eigenvalue weighted by atomic mass is 10.2. The van der Waals surface area contributed by atoms with Crippen molar-refractivity contribution in [2.75, 3.05) is 6.54 Å². The molecular formula is C12H21NO2. The maximum atomic E-state index is 11.2. The van der Waals surface area contributed by atoms with Gasteiger partial charge in [0, 0.05) is 6.54 Å². The molecule has 0 aromatic carbocycles. The molecule has 0 unspecified atom stereocenters. The Morgan fingerprint density at radius 2 is 2.00 bits per heavy atom. The molecule has 0 radical (unpaired) electrons. The highest BCUT2D eigenvalue weighted by Crippen LogP contribution is 2.06. The lowest BCUT2D eigenvalue weighted by Crippen LogP contribution is -2.32. The number of carbonyl (C=O) groups excluding carboxylic acids is 1. The first-order valence-electron chi connectivity index (χ1n) is 5.11. The van der Waals surface area contributed by atoms with Gasteiger partial charge in [-0.25, -0.2) is 4.79 Å². The van der Waals surface area contributed by atoms with Gasteiger partial charge in [0.2, 0.25) is 0 Å². The Labute approximate surface area is 92.2 Å². The molecule has 0 aromatic heterocycles. The topological polar surface area (TPSA) is 38.3 Å². The molecule has 86 valence electrons. The lowest BCUT2D eigenvalue weighted by molar-refractivity contribution is 0.0534. The van der Waals surface area contributed by atoms with E-state index in [4.69, 9.17) is 4.74 Å². The fourth-order valence-corrected chi connectivity index (χ4v) is 0.797. The number of allylic oxidation sites excluding steroid dienone is 3. The van der Waals surface area contributed by atoms with Gasteiger partial charge in [-0.1, -0.05) is 23.8 Å². The average Bonchev–Trinajstić information content (AvgIpc) is 2.09. The van der Waals surface area contributed by atoms with Crippen molar-refractivity contribution >= 4 is 6.09 Å². The molecule has 0 spiro atoms. The Kier molecular flexibility index (Phi) is 5.75. The maximum absolute atomic E-state index is 11.2. The van der Waals surface area contributed by atoms with Gasteiger partial charge in [-0.15, -0.1) is 0 Å². The van der Waals surface area contributed by atoms with E-state index in [1.54, 1.807) is 0 Å². The minimum atomic E-state index is -0.437. The number of hydrogen-bond acceptors (Lipinski definition) is 2. The number of ether oxygens (including phenoxy) is 1. The molecule has 0 atom stereocenters. The zero-order valence-corrected chi connectivity index (χ0v) is 10.3. The monoisotopic (exact) mass is 211 g/mol. The van der Waals surface area contributed by atoms with Crippen molar-refractivity contribution in [1.29, 1.82) is 0 Å². The van der Waals surface area contributed by atoms with E-state index in [1.807, 2.05) is 52.8 Å². The zero-order chi connectivity index (χ0) is 11.9. The van der Waals surface area contributed by atoms with Gasteiger partial charge in [-0.05, 0) is 34.6 Å². The molecule has 0 saturated heterocycles. The van der Waals surface area contributed by atoms with Gasteiger partial charge in [-0.2, -0.15) is 0 Å². The molecule has 3 nitrogen and oxygen atoms in total. The molecule has 0 rings (SSSR count). The molecule has 0 fully saturated rings. The molecule has 0 saturated carbocycles. The van der Waals surface area contributed by atoms with Crippen LogP contribution in [0.4, 0.5) is 4.79 Å². The second-order valence-corrected chi connectivity index (χ2v) is 4.32. The zero-order valence-electron chi connectivity index (χ0n) is 10.3. The van der Waals surface area contributed by atoms with Crippen LogP contribution in [0.15, 0.2) is 23.8 Å². The summed E-state index contributed by atoms with van der Waals surface area (Å²) in [6, 6.07) is 0. The number of alkyl carbamates (subject to hydrolysis) is 1. The SMILES string of the molecule is C/C=C(C)\C=C/CNC(=O)OC(C)(C)C. The molecule has 0 aliphatic carbocycles. The molecule has 0 heterocycles. The molecule has 0 aliphatic rings. The van der Waals surface area contributed by atoms with Crippen LogP contribution in [-0.4, -0.2) is 18.2 Å². The van der Waals surface area contributed by atoms with E-state index in [9.17, 15) is 4.79 Å². The van der Waals surface area contributed by atoms with Crippen LogP contribution in [0.25, 0.3) is 0 Å².